The molecular weight excluding hydrogens is 250 g/mol. The number of aliphatic hydroxyl groups excluding tert-OH is 1. The average molecular weight is 271 g/mol. The molecule has 6 heteroatoms. The van der Waals surface area contributed by atoms with E-state index in [1.54, 1.807) is 7.11 Å². The fraction of sp³-hybridized carbons (Fsp3) is 0.833. The molecule has 102 valence electrons. The zero-order valence-corrected chi connectivity index (χ0v) is 11.8. The number of hydrogen-bond acceptors (Lipinski definition) is 6. The van der Waals surface area contributed by atoms with Crippen LogP contribution in [0.4, 0.5) is 5.13 Å². The van der Waals surface area contributed by atoms with Crippen LogP contribution in [0.25, 0.3) is 0 Å². The van der Waals surface area contributed by atoms with Crippen molar-refractivity contribution >= 4 is 16.7 Å². The van der Waals surface area contributed by atoms with Crippen LogP contribution in [0.1, 0.15) is 44.5 Å². The van der Waals surface area contributed by atoms with E-state index in [-0.39, 0.29) is 12.7 Å². The number of ether oxygens (including phenoxy) is 1. The fourth-order valence-corrected chi connectivity index (χ4v) is 2.83. The average Bonchev–Trinajstić information content (AvgIpc) is 2.80. The summed E-state index contributed by atoms with van der Waals surface area (Å²) in [6.07, 6.45) is 4.46. The predicted molar refractivity (Wildman–Crippen MR) is 72.0 cm³/mol. The maximum Gasteiger partial charge on any atom is 0.205 e. The van der Waals surface area contributed by atoms with Gasteiger partial charge in [-0.15, -0.1) is 0 Å². The highest BCUT2D eigenvalue weighted by Crippen LogP contribution is 2.31. The molecule has 1 aromatic heterocycles. The summed E-state index contributed by atoms with van der Waals surface area (Å²) in [4.78, 5) is 6.86. The molecule has 1 aliphatic carbocycles. The van der Waals surface area contributed by atoms with Crippen LogP contribution in [0, 0.1) is 0 Å². The number of aliphatic hydroxyl groups is 1. The molecule has 1 aliphatic rings. The van der Waals surface area contributed by atoms with Crippen LogP contribution in [-0.2, 0) is 4.74 Å². The molecule has 1 aromatic rings. The molecule has 5 nitrogen and oxygen atoms in total. The first-order valence-electron chi connectivity index (χ1n) is 6.50. The van der Waals surface area contributed by atoms with Gasteiger partial charge in [0.05, 0.1) is 0 Å². The summed E-state index contributed by atoms with van der Waals surface area (Å²) in [6, 6.07) is 0.579. The summed E-state index contributed by atoms with van der Waals surface area (Å²) in [5, 5.41) is 9.95. The SMILES string of the molecule is COC(C)c1nsc(N(CCCO)C2CCC2)n1. The molecule has 1 N–H and O–H groups in total. The lowest BCUT2D eigenvalue weighted by Gasteiger charge is -2.37. The van der Waals surface area contributed by atoms with Gasteiger partial charge in [-0.1, -0.05) is 0 Å². The Hall–Kier alpha value is -0.720. The topological polar surface area (TPSA) is 58.5 Å². The molecule has 0 bridgehead atoms. The molecule has 0 spiro atoms. The van der Waals surface area contributed by atoms with Crippen molar-refractivity contribution in [3.05, 3.63) is 5.82 Å². The van der Waals surface area contributed by atoms with E-state index in [0.717, 1.165) is 23.9 Å². The third kappa shape index (κ3) is 2.99. The van der Waals surface area contributed by atoms with Crippen LogP contribution in [0.5, 0.6) is 0 Å². The molecule has 0 aromatic carbocycles. The number of aromatic nitrogens is 2. The predicted octanol–water partition coefficient (Wildman–Crippen LogP) is 1.99. The maximum absolute atomic E-state index is 8.99. The summed E-state index contributed by atoms with van der Waals surface area (Å²) in [5.74, 6) is 0.755. The molecule has 1 saturated carbocycles. The summed E-state index contributed by atoms with van der Waals surface area (Å²) in [5.41, 5.74) is 0. The molecule has 1 fully saturated rings. The summed E-state index contributed by atoms with van der Waals surface area (Å²) < 4.78 is 9.59. The lowest BCUT2D eigenvalue weighted by atomic mass is 9.92. The van der Waals surface area contributed by atoms with Gasteiger partial charge in [0.15, 0.2) is 5.82 Å². The van der Waals surface area contributed by atoms with Crippen molar-refractivity contribution in [2.24, 2.45) is 0 Å². The van der Waals surface area contributed by atoms with Gasteiger partial charge in [-0.2, -0.15) is 4.37 Å². The fourth-order valence-electron chi connectivity index (χ4n) is 1.99. The molecule has 1 atom stereocenters. The number of methoxy groups -OCH3 is 1. The van der Waals surface area contributed by atoms with Gasteiger partial charge >= 0.3 is 0 Å². The molecule has 0 saturated heterocycles. The zero-order chi connectivity index (χ0) is 13.0. The lowest BCUT2D eigenvalue weighted by molar-refractivity contribution is 0.113. The Morgan fingerprint density at radius 2 is 2.33 bits per heavy atom. The van der Waals surface area contributed by atoms with Gasteiger partial charge in [0, 0.05) is 37.8 Å². The Labute approximate surface area is 112 Å². The quantitative estimate of drug-likeness (QED) is 0.822. The normalized spacial score (nSPS) is 17.5. The van der Waals surface area contributed by atoms with E-state index in [4.69, 9.17) is 9.84 Å². The molecule has 2 rings (SSSR count). The Balaban J connectivity index is 2.06. The van der Waals surface area contributed by atoms with Gasteiger partial charge in [0.2, 0.25) is 5.13 Å². The van der Waals surface area contributed by atoms with E-state index < -0.39 is 0 Å². The van der Waals surface area contributed by atoms with Crippen LogP contribution in [0.2, 0.25) is 0 Å². The Morgan fingerprint density at radius 3 is 2.89 bits per heavy atom. The van der Waals surface area contributed by atoms with Crippen molar-refractivity contribution in [3.8, 4) is 0 Å². The zero-order valence-electron chi connectivity index (χ0n) is 11.0. The van der Waals surface area contributed by atoms with Crippen LogP contribution in [0.3, 0.4) is 0 Å². The van der Waals surface area contributed by atoms with Crippen molar-refractivity contribution in [1.29, 1.82) is 0 Å². The van der Waals surface area contributed by atoms with Gasteiger partial charge in [-0.3, -0.25) is 0 Å². The molecule has 1 unspecified atom stereocenters. The first-order valence-corrected chi connectivity index (χ1v) is 7.27. The van der Waals surface area contributed by atoms with Crippen LogP contribution in [0.15, 0.2) is 0 Å². The first-order chi connectivity index (χ1) is 8.76. The molecule has 1 heterocycles. The maximum atomic E-state index is 8.99. The van der Waals surface area contributed by atoms with Gasteiger partial charge in [0.25, 0.3) is 0 Å². The Bertz CT molecular complexity index is 368. The van der Waals surface area contributed by atoms with E-state index in [2.05, 4.69) is 14.3 Å². The standard InChI is InChI=1S/C12H21N3O2S/c1-9(17-2)11-13-12(18-14-11)15(7-4-8-16)10-5-3-6-10/h9-10,16H,3-8H2,1-2H3. The van der Waals surface area contributed by atoms with E-state index in [1.165, 1.54) is 30.8 Å². The Kier molecular flexibility index (Phi) is 4.91. The molecular formula is C12H21N3O2S. The van der Waals surface area contributed by atoms with Crippen molar-refractivity contribution in [2.75, 3.05) is 25.2 Å². The minimum absolute atomic E-state index is 0.0592. The second-order valence-corrected chi connectivity index (χ2v) is 5.40. The van der Waals surface area contributed by atoms with Gasteiger partial charge in [-0.25, -0.2) is 4.98 Å². The largest absolute Gasteiger partial charge is 0.396 e. The summed E-state index contributed by atoms with van der Waals surface area (Å²) in [6.45, 7) is 3.04. The molecule has 0 amide bonds. The Morgan fingerprint density at radius 1 is 1.56 bits per heavy atom. The third-order valence-electron chi connectivity index (χ3n) is 3.47. The van der Waals surface area contributed by atoms with Crippen LogP contribution >= 0.6 is 11.5 Å². The number of nitrogens with zero attached hydrogens (tertiary/aromatic N) is 3. The summed E-state index contributed by atoms with van der Waals surface area (Å²) >= 11 is 1.43. The van der Waals surface area contributed by atoms with Crippen molar-refractivity contribution in [1.82, 2.24) is 9.36 Å². The van der Waals surface area contributed by atoms with Crippen LogP contribution < -0.4 is 4.90 Å². The van der Waals surface area contributed by atoms with E-state index in [0.29, 0.717) is 6.04 Å². The molecule has 0 radical (unpaired) electrons. The third-order valence-corrected chi connectivity index (χ3v) is 4.23. The highest BCUT2D eigenvalue weighted by Gasteiger charge is 2.27. The minimum atomic E-state index is -0.0592. The monoisotopic (exact) mass is 271 g/mol. The molecule has 18 heavy (non-hydrogen) atoms. The van der Waals surface area contributed by atoms with Crippen molar-refractivity contribution in [3.63, 3.8) is 0 Å². The first kappa shape index (κ1) is 13.7. The number of anilines is 1. The van der Waals surface area contributed by atoms with E-state index in [9.17, 15) is 0 Å². The minimum Gasteiger partial charge on any atom is -0.396 e. The molecule has 0 aliphatic heterocycles. The van der Waals surface area contributed by atoms with E-state index >= 15 is 0 Å². The number of hydrogen-bond donors (Lipinski definition) is 1. The van der Waals surface area contributed by atoms with Gasteiger partial charge in [0.1, 0.15) is 6.10 Å². The van der Waals surface area contributed by atoms with Crippen molar-refractivity contribution in [2.45, 2.75) is 44.8 Å². The van der Waals surface area contributed by atoms with Gasteiger partial charge < -0.3 is 14.7 Å². The smallest absolute Gasteiger partial charge is 0.205 e. The second kappa shape index (κ2) is 6.45. The van der Waals surface area contributed by atoms with Crippen molar-refractivity contribution < 1.29 is 9.84 Å². The lowest BCUT2D eigenvalue weighted by Crippen LogP contribution is -2.41. The number of rotatable bonds is 7. The highest BCUT2D eigenvalue weighted by atomic mass is 32.1. The van der Waals surface area contributed by atoms with E-state index in [1.807, 2.05) is 6.92 Å². The van der Waals surface area contributed by atoms with Gasteiger partial charge in [-0.05, 0) is 32.6 Å². The van der Waals surface area contributed by atoms with Crippen LogP contribution in [-0.4, -0.2) is 40.8 Å². The summed E-state index contributed by atoms with van der Waals surface area (Å²) in [7, 11) is 1.67. The second-order valence-electron chi connectivity index (χ2n) is 4.67. The highest BCUT2D eigenvalue weighted by molar-refractivity contribution is 7.09.